The molecule has 0 aliphatic rings. The summed E-state index contributed by atoms with van der Waals surface area (Å²) >= 11 is 0. The Kier molecular flexibility index (Phi) is 52.5. The summed E-state index contributed by atoms with van der Waals surface area (Å²) in [6.07, 6.45) is 68.1. The van der Waals surface area contributed by atoms with E-state index < -0.39 is 18.2 Å². The quantitative estimate of drug-likeness (QED) is 0.0362. The summed E-state index contributed by atoms with van der Waals surface area (Å²) in [5, 5.41) is 33.5. The molecule has 0 aromatic carbocycles. The summed E-state index contributed by atoms with van der Waals surface area (Å²) in [5.74, 6) is -0.152. The number of aliphatic hydroxyl groups excluding tert-OH is 3. The van der Waals surface area contributed by atoms with E-state index in [1.54, 1.807) is 0 Å². The summed E-state index contributed by atoms with van der Waals surface area (Å²) in [7, 11) is 0. The van der Waals surface area contributed by atoms with Crippen LogP contribution in [-0.4, -0.2) is 46.1 Å². The molecule has 0 aliphatic carbocycles. The van der Waals surface area contributed by atoms with Gasteiger partial charge in [0, 0.05) is 6.42 Å². The van der Waals surface area contributed by atoms with Crippen LogP contribution >= 0.6 is 0 Å². The standard InChI is InChI=1S/C58H113NO4/c1-3-5-7-9-11-13-15-16-17-18-19-20-21-22-23-24-25-26-27-28-29-30-31-32-33-34-35-36-37-38-39-40-41-42-43-45-47-49-51-53-57(62)59-55(54-60)58(63)56(61)52-50-48-46-44-14-12-10-8-6-4-2/h28-29,44,46,55-56,58,60-61,63H,3-27,30-43,45,47-54H2,1-2H3,(H,59,62)/b29-28-,46-44+. The first-order valence-electron chi connectivity index (χ1n) is 28.6. The van der Waals surface area contributed by atoms with Gasteiger partial charge in [0.15, 0.2) is 0 Å². The molecule has 0 bridgehead atoms. The maximum absolute atomic E-state index is 12.4. The van der Waals surface area contributed by atoms with Gasteiger partial charge in [-0.2, -0.15) is 0 Å². The van der Waals surface area contributed by atoms with Crippen molar-refractivity contribution in [3.63, 3.8) is 0 Å². The first-order valence-corrected chi connectivity index (χ1v) is 28.6. The highest BCUT2D eigenvalue weighted by atomic mass is 16.3. The molecule has 3 atom stereocenters. The molecule has 0 aromatic rings. The van der Waals surface area contributed by atoms with Gasteiger partial charge in [-0.3, -0.25) is 4.79 Å². The molecule has 4 N–H and O–H groups in total. The maximum Gasteiger partial charge on any atom is 0.220 e. The molecule has 374 valence electrons. The Hall–Kier alpha value is -1.17. The molecule has 63 heavy (non-hydrogen) atoms. The predicted molar refractivity (Wildman–Crippen MR) is 278 cm³/mol. The zero-order valence-electron chi connectivity index (χ0n) is 42.7. The lowest BCUT2D eigenvalue weighted by molar-refractivity contribution is -0.124. The van der Waals surface area contributed by atoms with Crippen LogP contribution in [0.15, 0.2) is 24.3 Å². The highest BCUT2D eigenvalue weighted by molar-refractivity contribution is 5.76. The number of carbonyl (C=O) groups excluding carboxylic acids is 1. The Balaban J connectivity index is 3.40. The van der Waals surface area contributed by atoms with Gasteiger partial charge in [-0.15, -0.1) is 0 Å². The highest BCUT2D eigenvalue weighted by Gasteiger charge is 2.26. The van der Waals surface area contributed by atoms with Crippen molar-refractivity contribution >= 4 is 5.91 Å². The second kappa shape index (κ2) is 53.4. The number of amides is 1. The zero-order valence-corrected chi connectivity index (χ0v) is 42.7. The van der Waals surface area contributed by atoms with Crippen molar-refractivity contribution in [2.75, 3.05) is 6.61 Å². The van der Waals surface area contributed by atoms with Crippen LogP contribution in [0.4, 0.5) is 0 Å². The molecule has 3 unspecified atom stereocenters. The molecule has 0 saturated heterocycles. The summed E-state index contributed by atoms with van der Waals surface area (Å²) < 4.78 is 0. The van der Waals surface area contributed by atoms with E-state index in [9.17, 15) is 20.1 Å². The highest BCUT2D eigenvalue weighted by Crippen LogP contribution is 2.18. The maximum atomic E-state index is 12.4. The minimum Gasteiger partial charge on any atom is -0.394 e. The van der Waals surface area contributed by atoms with Gasteiger partial charge in [0.25, 0.3) is 0 Å². The lowest BCUT2D eigenvalue weighted by atomic mass is 10.0. The Morgan fingerprint density at radius 2 is 0.635 bits per heavy atom. The summed E-state index contributed by atoms with van der Waals surface area (Å²) in [5.41, 5.74) is 0. The number of hydrogen-bond acceptors (Lipinski definition) is 4. The number of hydrogen-bond donors (Lipinski definition) is 4. The third kappa shape index (κ3) is 48.6. The number of unbranched alkanes of at least 4 members (excludes halogenated alkanes) is 41. The second-order valence-corrected chi connectivity index (χ2v) is 19.8. The third-order valence-corrected chi connectivity index (χ3v) is 13.5. The van der Waals surface area contributed by atoms with Crippen LogP contribution < -0.4 is 5.32 Å². The van der Waals surface area contributed by atoms with Crippen molar-refractivity contribution < 1.29 is 20.1 Å². The summed E-state index contributed by atoms with van der Waals surface area (Å²) in [4.78, 5) is 12.4. The van der Waals surface area contributed by atoms with Gasteiger partial charge in [-0.1, -0.05) is 269 Å². The van der Waals surface area contributed by atoms with Gasteiger partial charge in [-0.25, -0.2) is 0 Å². The minimum atomic E-state index is -1.16. The Morgan fingerprint density at radius 3 is 0.921 bits per heavy atom. The van der Waals surface area contributed by atoms with Gasteiger partial charge >= 0.3 is 0 Å². The molecule has 1 amide bonds. The number of aliphatic hydroxyl groups is 3. The molecule has 0 radical (unpaired) electrons. The van der Waals surface area contributed by atoms with Gasteiger partial charge in [-0.05, 0) is 64.2 Å². The monoisotopic (exact) mass is 888 g/mol. The van der Waals surface area contributed by atoms with Crippen molar-refractivity contribution in [1.82, 2.24) is 5.32 Å². The molecular weight excluding hydrogens is 775 g/mol. The third-order valence-electron chi connectivity index (χ3n) is 13.5. The van der Waals surface area contributed by atoms with Crippen molar-refractivity contribution in [2.45, 2.75) is 334 Å². The normalized spacial score (nSPS) is 13.4. The van der Waals surface area contributed by atoms with Crippen LogP contribution in [0, 0.1) is 0 Å². The van der Waals surface area contributed by atoms with Gasteiger partial charge < -0.3 is 20.6 Å². The fraction of sp³-hybridized carbons (Fsp3) is 0.914. The molecular formula is C58H113NO4. The average Bonchev–Trinajstić information content (AvgIpc) is 3.29. The smallest absolute Gasteiger partial charge is 0.220 e. The molecule has 0 spiro atoms. The molecule has 0 fully saturated rings. The SMILES string of the molecule is CCCCCCC/C=C/CCCC(O)C(O)C(CO)NC(=O)CCCCCCCCCCCCCCCCCCC/C=C\CCCCCCCCCCCCCCCCCCCC. The van der Waals surface area contributed by atoms with E-state index in [0.29, 0.717) is 12.8 Å². The van der Waals surface area contributed by atoms with Crippen LogP contribution in [0.1, 0.15) is 316 Å². The van der Waals surface area contributed by atoms with E-state index in [4.69, 9.17) is 0 Å². The van der Waals surface area contributed by atoms with Crippen molar-refractivity contribution in [3.8, 4) is 0 Å². The van der Waals surface area contributed by atoms with Crippen LogP contribution in [0.5, 0.6) is 0 Å². The van der Waals surface area contributed by atoms with Crippen molar-refractivity contribution in [3.05, 3.63) is 24.3 Å². The topological polar surface area (TPSA) is 89.8 Å². The van der Waals surface area contributed by atoms with E-state index in [-0.39, 0.29) is 12.5 Å². The molecule has 0 heterocycles. The average molecular weight is 889 g/mol. The molecule has 0 rings (SSSR count). The van der Waals surface area contributed by atoms with E-state index in [2.05, 4.69) is 43.5 Å². The number of allylic oxidation sites excluding steroid dienone is 4. The van der Waals surface area contributed by atoms with Crippen LogP contribution in [0.2, 0.25) is 0 Å². The van der Waals surface area contributed by atoms with Crippen LogP contribution in [0.3, 0.4) is 0 Å². The van der Waals surface area contributed by atoms with Crippen LogP contribution in [0.25, 0.3) is 0 Å². The van der Waals surface area contributed by atoms with Gasteiger partial charge in [0.2, 0.25) is 5.91 Å². The molecule has 0 aromatic heterocycles. The first-order chi connectivity index (χ1) is 31.1. The largest absolute Gasteiger partial charge is 0.394 e. The molecule has 0 saturated carbocycles. The van der Waals surface area contributed by atoms with Gasteiger partial charge in [0.1, 0.15) is 6.10 Å². The van der Waals surface area contributed by atoms with E-state index in [0.717, 1.165) is 38.5 Å². The summed E-state index contributed by atoms with van der Waals surface area (Å²) in [6.45, 7) is 4.16. The lowest BCUT2D eigenvalue weighted by Crippen LogP contribution is -2.50. The second-order valence-electron chi connectivity index (χ2n) is 19.8. The Bertz CT molecular complexity index is 936. The van der Waals surface area contributed by atoms with Crippen molar-refractivity contribution in [1.29, 1.82) is 0 Å². The fourth-order valence-corrected chi connectivity index (χ4v) is 9.10. The summed E-state index contributed by atoms with van der Waals surface area (Å²) in [6, 6.07) is -0.822. The lowest BCUT2D eigenvalue weighted by Gasteiger charge is -2.26. The van der Waals surface area contributed by atoms with E-state index in [1.165, 1.54) is 250 Å². The van der Waals surface area contributed by atoms with E-state index in [1.807, 2.05) is 0 Å². The number of carbonyl (C=O) groups is 1. The Morgan fingerprint density at radius 1 is 0.381 bits per heavy atom. The van der Waals surface area contributed by atoms with Crippen LogP contribution in [-0.2, 0) is 4.79 Å². The van der Waals surface area contributed by atoms with Crippen molar-refractivity contribution in [2.24, 2.45) is 0 Å². The molecule has 5 nitrogen and oxygen atoms in total. The predicted octanol–water partition coefficient (Wildman–Crippen LogP) is 17.7. The zero-order chi connectivity index (χ0) is 45.8. The first kappa shape index (κ1) is 61.8. The number of rotatable bonds is 53. The minimum absolute atomic E-state index is 0.152. The van der Waals surface area contributed by atoms with E-state index >= 15 is 0 Å². The van der Waals surface area contributed by atoms with Gasteiger partial charge in [0.05, 0.1) is 18.8 Å². The fourth-order valence-electron chi connectivity index (χ4n) is 9.10. The molecule has 5 heteroatoms. The number of nitrogens with one attached hydrogen (secondary N) is 1. The molecule has 0 aliphatic heterocycles. The Labute approximate surface area is 394 Å².